The number of hydrogen-bond acceptors (Lipinski definition) is 0. The minimum atomic E-state index is -0.380. The van der Waals surface area contributed by atoms with Gasteiger partial charge in [0, 0.05) is 16.5 Å². The lowest BCUT2D eigenvalue weighted by Gasteiger charge is -2.31. The maximum atomic E-state index is 4.05. The molecule has 1 aromatic heterocycles. The molecule has 2 aliphatic carbocycles. The fourth-order valence-corrected chi connectivity index (χ4v) is 9.08. The quantitative estimate of drug-likeness (QED) is 0.164. The third-order valence-corrected chi connectivity index (χ3v) is 11.2. The second kappa shape index (κ2) is 11.3. The lowest BCUT2D eigenvalue weighted by molar-refractivity contribution is 0.768. The molecule has 0 saturated heterocycles. The number of rotatable bonds is 5. The van der Waals surface area contributed by atoms with Crippen molar-refractivity contribution in [3.8, 4) is 39.1 Å². The molecule has 8 aromatic rings. The molecule has 1 heteroatoms. The Kier molecular flexibility index (Phi) is 6.53. The highest BCUT2D eigenvalue weighted by atomic mass is 15.0. The van der Waals surface area contributed by atoms with Crippen LogP contribution >= 0.6 is 0 Å². The third kappa shape index (κ3) is 4.16. The summed E-state index contributed by atoms with van der Waals surface area (Å²) in [6.07, 6.45) is 6.24. The molecule has 1 heterocycles. The first-order valence-corrected chi connectivity index (χ1v) is 17.7. The summed E-state index contributed by atoms with van der Waals surface area (Å²) >= 11 is 0. The summed E-state index contributed by atoms with van der Waals surface area (Å²) in [4.78, 5) is 0. The Bertz CT molecular complexity index is 2650. The normalized spacial score (nSPS) is 14.1. The standard InChI is InChI=1S/C50H35N/c1-3-4-21-39-33(2)50(45-25-14-11-22-40(45)41-23-12-15-26-46(41)50)47-31-44-42-24-13-16-27-48(42)51(49(44)32-43(39)47)38-29-36(34-17-7-5-8-18-34)28-37(30-38)35-19-9-6-10-20-35/h3-32H,1H2,2H3/b21-4-. The first-order chi connectivity index (χ1) is 25.2. The van der Waals surface area contributed by atoms with Gasteiger partial charge < -0.3 is 4.57 Å². The molecule has 0 atom stereocenters. The first-order valence-electron chi connectivity index (χ1n) is 17.7. The largest absolute Gasteiger partial charge is 0.309 e. The SMILES string of the molecule is C=C/C=C\C1=C(C)C2(c3cc4c5ccccc5n(-c5cc(-c6ccccc6)cc(-c6ccccc6)c5)c4cc31)c1ccccc1-c1ccccc12. The van der Waals surface area contributed by atoms with Gasteiger partial charge in [0.15, 0.2) is 0 Å². The monoisotopic (exact) mass is 649 g/mol. The van der Waals surface area contributed by atoms with Crippen molar-refractivity contribution in [2.75, 3.05) is 0 Å². The van der Waals surface area contributed by atoms with Gasteiger partial charge in [0.25, 0.3) is 0 Å². The highest BCUT2D eigenvalue weighted by Gasteiger charge is 2.51. The fraction of sp³-hybridized carbons (Fsp3) is 0.0400. The summed E-state index contributed by atoms with van der Waals surface area (Å²) in [6.45, 7) is 6.39. The molecule has 0 radical (unpaired) electrons. The van der Waals surface area contributed by atoms with E-state index >= 15 is 0 Å². The number of allylic oxidation sites excluding steroid dienone is 5. The summed E-state index contributed by atoms with van der Waals surface area (Å²) in [5.41, 5.74) is 18.6. The van der Waals surface area contributed by atoms with Crippen molar-refractivity contribution in [3.05, 3.63) is 216 Å². The van der Waals surface area contributed by atoms with Gasteiger partial charge in [-0.25, -0.2) is 0 Å². The molecular weight excluding hydrogens is 615 g/mol. The smallest absolute Gasteiger partial charge is 0.0686 e. The minimum Gasteiger partial charge on any atom is -0.309 e. The van der Waals surface area contributed by atoms with E-state index in [9.17, 15) is 0 Å². The Morgan fingerprint density at radius 3 is 1.69 bits per heavy atom. The second-order valence-electron chi connectivity index (χ2n) is 13.7. The number of nitrogens with zero attached hydrogens (tertiary/aromatic N) is 1. The van der Waals surface area contributed by atoms with Gasteiger partial charge in [-0.3, -0.25) is 0 Å². The molecule has 240 valence electrons. The van der Waals surface area contributed by atoms with Gasteiger partial charge in [-0.2, -0.15) is 0 Å². The van der Waals surface area contributed by atoms with Crippen LogP contribution in [0, 0.1) is 0 Å². The number of para-hydroxylation sites is 1. The predicted octanol–water partition coefficient (Wildman–Crippen LogP) is 13.0. The zero-order valence-electron chi connectivity index (χ0n) is 28.5. The molecule has 2 aliphatic rings. The maximum absolute atomic E-state index is 4.05. The molecule has 7 aromatic carbocycles. The molecule has 51 heavy (non-hydrogen) atoms. The van der Waals surface area contributed by atoms with Crippen molar-refractivity contribution in [3.63, 3.8) is 0 Å². The molecule has 0 unspecified atom stereocenters. The summed E-state index contributed by atoms with van der Waals surface area (Å²) in [5.74, 6) is 0. The van der Waals surface area contributed by atoms with Gasteiger partial charge in [-0.15, -0.1) is 0 Å². The Hall–Kier alpha value is -6.44. The Morgan fingerprint density at radius 1 is 0.490 bits per heavy atom. The molecule has 1 spiro atoms. The Balaban J connectivity index is 1.32. The fourth-order valence-electron chi connectivity index (χ4n) is 9.08. The Morgan fingerprint density at radius 2 is 1.06 bits per heavy atom. The molecular formula is C50H35N. The van der Waals surface area contributed by atoms with E-state index in [-0.39, 0.29) is 5.41 Å². The van der Waals surface area contributed by atoms with E-state index in [1.807, 2.05) is 6.08 Å². The highest BCUT2D eigenvalue weighted by molar-refractivity contribution is 6.12. The summed E-state index contributed by atoms with van der Waals surface area (Å²) in [6, 6.07) is 60.4. The molecule has 0 N–H and O–H groups in total. The van der Waals surface area contributed by atoms with Crippen molar-refractivity contribution in [2.45, 2.75) is 12.3 Å². The van der Waals surface area contributed by atoms with Crippen LogP contribution in [-0.2, 0) is 5.41 Å². The van der Waals surface area contributed by atoms with E-state index in [0.29, 0.717) is 0 Å². The average Bonchev–Trinajstić information content (AvgIpc) is 3.77. The molecule has 0 saturated carbocycles. The van der Waals surface area contributed by atoms with Crippen molar-refractivity contribution < 1.29 is 0 Å². The van der Waals surface area contributed by atoms with E-state index in [4.69, 9.17) is 0 Å². The van der Waals surface area contributed by atoms with Crippen molar-refractivity contribution in [2.24, 2.45) is 0 Å². The lowest BCUT2D eigenvalue weighted by Crippen LogP contribution is -2.26. The van der Waals surface area contributed by atoms with Crippen LogP contribution in [-0.4, -0.2) is 4.57 Å². The van der Waals surface area contributed by atoms with Crippen molar-refractivity contribution in [1.82, 2.24) is 4.57 Å². The lowest BCUT2D eigenvalue weighted by atomic mass is 9.70. The van der Waals surface area contributed by atoms with E-state index in [0.717, 1.165) is 5.69 Å². The van der Waals surface area contributed by atoms with E-state index in [1.165, 1.54) is 88.6 Å². The van der Waals surface area contributed by atoms with Crippen molar-refractivity contribution >= 4 is 27.4 Å². The summed E-state index contributed by atoms with van der Waals surface area (Å²) in [5, 5.41) is 2.52. The molecule has 0 aliphatic heterocycles. The maximum Gasteiger partial charge on any atom is 0.0686 e. The van der Waals surface area contributed by atoms with Crippen LogP contribution in [0.25, 0.3) is 66.4 Å². The first kappa shape index (κ1) is 29.5. The summed E-state index contributed by atoms with van der Waals surface area (Å²) < 4.78 is 2.48. The van der Waals surface area contributed by atoms with Gasteiger partial charge in [0.05, 0.1) is 16.4 Å². The van der Waals surface area contributed by atoms with Crippen LogP contribution in [0.5, 0.6) is 0 Å². The molecule has 0 amide bonds. The molecule has 1 nitrogen and oxygen atoms in total. The Labute approximate surface area is 298 Å². The van der Waals surface area contributed by atoms with Gasteiger partial charge >= 0.3 is 0 Å². The van der Waals surface area contributed by atoms with E-state index < -0.39 is 0 Å². The third-order valence-electron chi connectivity index (χ3n) is 11.2. The van der Waals surface area contributed by atoms with Gasteiger partial charge in [-0.1, -0.05) is 152 Å². The van der Waals surface area contributed by atoms with E-state index in [2.05, 4.69) is 194 Å². The molecule has 0 fully saturated rings. The van der Waals surface area contributed by atoms with Gasteiger partial charge in [0.2, 0.25) is 0 Å². The number of hydrogen-bond donors (Lipinski definition) is 0. The zero-order valence-corrected chi connectivity index (χ0v) is 28.5. The van der Waals surface area contributed by atoms with Gasteiger partial charge in [-0.05, 0) is 110 Å². The predicted molar refractivity (Wildman–Crippen MR) is 215 cm³/mol. The van der Waals surface area contributed by atoms with Crippen LogP contribution in [0.2, 0.25) is 0 Å². The van der Waals surface area contributed by atoms with Gasteiger partial charge in [0.1, 0.15) is 0 Å². The molecule has 0 bridgehead atoms. The van der Waals surface area contributed by atoms with Crippen LogP contribution in [0.4, 0.5) is 0 Å². The number of benzene rings is 7. The summed E-state index contributed by atoms with van der Waals surface area (Å²) in [7, 11) is 0. The van der Waals surface area contributed by atoms with Crippen LogP contribution in [0.3, 0.4) is 0 Å². The van der Waals surface area contributed by atoms with Crippen LogP contribution in [0.15, 0.2) is 194 Å². The van der Waals surface area contributed by atoms with Crippen molar-refractivity contribution in [1.29, 1.82) is 0 Å². The zero-order chi connectivity index (χ0) is 34.1. The highest BCUT2D eigenvalue weighted by Crippen LogP contribution is 2.62. The minimum absolute atomic E-state index is 0.380. The van der Waals surface area contributed by atoms with E-state index in [1.54, 1.807) is 0 Å². The number of aromatic nitrogens is 1. The topological polar surface area (TPSA) is 4.93 Å². The number of fused-ring (bicyclic) bond motifs is 10. The average molecular weight is 650 g/mol. The van der Waals surface area contributed by atoms with Crippen LogP contribution < -0.4 is 0 Å². The van der Waals surface area contributed by atoms with Crippen LogP contribution in [0.1, 0.15) is 29.2 Å². The second-order valence-corrected chi connectivity index (χ2v) is 13.7. The molecule has 10 rings (SSSR count).